The Labute approximate surface area is 193 Å². The lowest BCUT2D eigenvalue weighted by Crippen LogP contribution is -2.59. The van der Waals surface area contributed by atoms with Gasteiger partial charge in [-0.3, -0.25) is 9.59 Å². The summed E-state index contributed by atoms with van der Waals surface area (Å²) in [4.78, 5) is 40.9. The Morgan fingerprint density at radius 1 is 0.906 bits per heavy atom. The Kier molecular flexibility index (Phi) is 8.52. The van der Waals surface area contributed by atoms with Crippen molar-refractivity contribution in [3.05, 3.63) is 35.4 Å². The van der Waals surface area contributed by atoms with E-state index in [1.165, 1.54) is 0 Å². The lowest BCUT2D eigenvalue weighted by Gasteiger charge is -2.43. The Hall–Kier alpha value is -2.57. The van der Waals surface area contributed by atoms with Crippen LogP contribution in [0.1, 0.15) is 86.4 Å². The van der Waals surface area contributed by atoms with Crippen molar-refractivity contribution in [3.63, 3.8) is 0 Å². The van der Waals surface area contributed by atoms with E-state index in [4.69, 9.17) is 4.74 Å². The molecular weight excluding hydrogens is 406 g/mol. The normalized spacial score (nSPS) is 14.2. The molecule has 180 valence electrons. The number of carbonyl (C=O) groups is 3. The van der Waals surface area contributed by atoms with Gasteiger partial charge in [0.2, 0.25) is 11.8 Å². The number of amides is 3. The summed E-state index contributed by atoms with van der Waals surface area (Å²) in [6, 6.07) is 5.80. The molecule has 0 radical (unpaired) electrons. The number of carbonyl (C=O) groups excluding carboxylic acids is 3. The van der Waals surface area contributed by atoms with Crippen LogP contribution in [0.2, 0.25) is 0 Å². The van der Waals surface area contributed by atoms with Crippen LogP contribution in [0.25, 0.3) is 0 Å². The molecule has 0 aliphatic rings. The minimum atomic E-state index is -0.889. The van der Waals surface area contributed by atoms with Crippen molar-refractivity contribution in [3.8, 4) is 0 Å². The van der Waals surface area contributed by atoms with Crippen LogP contribution in [0.4, 0.5) is 4.79 Å². The second-order valence-corrected chi connectivity index (χ2v) is 11.3. The van der Waals surface area contributed by atoms with E-state index in [9.17, 15) is 14.4 Å². The van der Waals surface area contributed by atoms with Gasteiger partial charge in [0.15, 0.2) is 0 Å². The van der Waals surface area contributed by atoms with Crippen LogP contribution in [0.3, 0.4) is 0 Å². The molecule has 1 aromatic rings. The molecule has 7 heteroatoms. The van der Waals surface area contributed by atoms with Gasteiger partial charge in [0.1, 0.15) is 17.7 Å². The van der Waals surface area contributed by atoms with E-state index in [1.54, 1.807) is 32.6 Å². The van der Waals surface area contributed by atoms with E-state index in [0.29, 0.717) is 5.56 Å². The quantitative estimate of drug-likeness (QED) is 0.696. The smallest absolute Gasteiger partial charge is 0.408 e. The molecule has 3 amide bonds. The molecule has 1 rings (SSSR count). The van der Waals surface area contributed by atoms with E-state index in [0.717, 1.165) is 5.56 Å². The van der Waals surface area contributed by atoms with E-state index in [-0.39, 0.29) is 11.8 Å². The van der Waals surface area contributed by atoms with Crippen LogP contribution in [0.5, 0.6) is 0 Å². The number of nitrogens with zero attached hydrogens (tertiary/aromatic N) is 1. The predicted molar refractivity (Wildman–Crippen MR) is 127 cm³/mol. The summed E-state index contributed by atoms with van der Waals surface area (Å²) in [6.07, 6.45) is -0.682. The molecule has 0 aromatic heterocycles. The Morgan fingerprint density at radius 3 is 1.81 bits per heavy atom. The number of hydrogen-bond donors (Lipinski definition) is 2. The number of rotatable bonds is 5. The molecule has 0 heterocycles. The van der Waals surface area contributed by atoms with Crippen molar-refractivity contribution in [2.75, 3.05) is 0 Å². The van der Waals surface area contributed by atoms with Gasteiger partial charge in [-0.2, -0.15) is 0 Å². The summed E-state index contributed by atoms with van der Waals surface area (Å²) in [5, 5.41) is 5.61. The largest absolute Gasteiger partial charge is 0.444 e. The number of nitrogens with one attached hydrogen (secondary N) is 2. The summed E-state index contributed by atoms with van der Waals surface area (Å²) in [5.41, 5.74) is -0.116. The zero-order valence-electron chi connectivity index (χ0n) is 21.5. The third kappa shape index (κ3) is 8.52. The van der Waals surface area contributed by atoms with Crippen LogP contribution in [0.15, 0.2) is 24.3 Å². The molecule has 2 unspecified atom stereocenters. The number of alkyl carbamates (subject to hydrolysis) is 1. The fourth-order valence-corrected chi connectivity index (χ4v) is 3.20. The predicted octanol–water partition coefficient (Wildman–Crippen LogP) is 4.49. The van der Waals surface area contributed by atoms with Gasteiger partial charge < -0.3 is 20.3 Å². The third-order valence-corrected chi connectivity index (χ3v) is 4.46. The zero-order valence-corrected chi connectivity index (χ0v) is 21.5. The average Bonchev–Trinajstić information content (AvgIpc) is 2.55. The highest BCUT2D eigenvalue weighted by atomic mass is 16.6. The van der Waals surface area contributed by atoms with Crippen LogP contribution in [-0.2, 0) is 14.3 Å². The summed E-state index contributed by atoms with van der Waals surface area (Å²) < 4.78 is 5.30. The summed E-state index contributed by atoms with van der Waals surface area (Å²) >= 11 is 0. The topological polar surface area (TPSA) is 87.7 Å². The highest BCUT2D eigenvalue weighted by molar-refractivity contribution is 5.92. The molecule has 1 aromatic carbocycles. The highest BCUT2D eigenvalue weighted by Gasteiger charge is 2.41. The van der Waals surface area contributed by atoms with E-state index in [1.807, 2.05) is 72.7 Å². The van der Waals surface area contributed by atoms with E-state index >= 15 is 0 Å². The molecule has 0 spiro atoms. The van der Waals surface area contributed by atoms with Crippen molar-refractivity contribution in [1.29, 1.82) is 0 Å². The van der Waals surface area contributed by atoms with Crippen molar-refractivity contribution in [2.24, 2.45) is 0 Å². The van der Waals surface area contributed by atoms with Gasteiger partial charge in [0, 0.05) is 11.1 Å². The van der Waals surface area contributed by atoms with Gasteiger partial charge in [0.25, 0.3) is 0 Å². The molecule has 0 bridgehead atoms. The number of hydrogen-bond acceptors (Lipinski definition) is 4. The molecule has 0 fully saturated rings. The second kappa shape index (κ2) is 9.92. The number of ether oxygens (including phenoxy) is 1. The summed E-state index contributed by atoms with van der Waals surface area (Å²) in [5.74, 6) is -0.660. The molecule has 0 aliphatic heterocycles. The lowest BCUT2D eigenvalue weighted by molar-refractivity contribution is -0.148. The molecule has 32 heavy (non-hydrogen) atoms. The standard InChI is InChI=1S/C25H41N3O4/c1-16-12-14-18(15-13-16)19(20(29)27-23(3,4)5)28(24(6,7)8)21(30)17(2)26-22(31)32-25(9,10)11/h12-15,17,19H,1-11H3,(H,26,31)(H,27,29). The highest BCUT2D eigenvalue weighted by Crippen LogP contribution is 2.30. The first kappa shape index (κ1) is 27.5. The van der Waals surface area contributed by atoms with Crippen molar-refractivity contribution < 1.29 is 19.1 Å². The Morgan fingerprint density at radius 2 is 1.41 bits per heavy atom. The lowest BCUT2D eigenvalue weighted by atomic mass is 9.94. The molecule has 0 saturated carbocycles. The Bertz CT molecular complexity index is 812. The molecular formula is C25H41N3O4. The third-order valence-electron chi connectivity index (χ3n) is 4.46. The molecule has 2 atom stereocenters. The van der Waals surface area contributed by atoms with Crippen LogP contribution < -0.4 is 10.6 Å². The zero-order chi connectivity index (χ0) is 25.1. The Balaban J connectivity index is 3.40. The fraction of sp³-hybridized carbons (Fsp3) is 0.640. The minimum Gasteiger partial charge on any atom is -0.444 e. The maximum Gasteiger partial charge on any atom is 0.408 e. The van der Waals surface area contributed by atoms with Crippen molar-refractivity contribution >= 4 is 17.9 Å². The molecule has 0 aliphatic carbocycles. The maximum atomic E-state index is 13.6. The van der Waals surface area contributed by atoms with Gasteiger partial charge in [-0.15, -0.1) is 0 Å². The average molecular weight is 448 g/mol. The monoisotopic (exact) mass is 447 g/mol. The van der Waals surface area contributed by atoms with Gasteiger partial charge in [-0.05, 0) is 81.7 Å². The van der Waals surface area contributed by atoms with Crippen LogP contribution >= 0.6 is 0 Å². The van der Waals surface area contributed by atoms with E-state index in [2.05, 4.69) is 10.6 Å². The first-order chi connectivity index (χ1) is 14.3. The molecule has 2 N–H and O–H groups in total. The number of benzene rings is 1. The minimum absolute atomic E-state index is 0.283. The fourth-order valence-electron chi connectivity index (χ4n) is 3.20. The maximum absolute atomic E-state index is 13.6. The van der Waals surface area contributed by atoms with Gasteiger partial charge >= 0.3 is 6.09 Å². The van der Waals surface area contributed by atoms with Crippen LogP contribution in [0, 0.1) is 6.92 Å². The first-order valence-corrected chi connectivity index (χ1v) is 11.0. The van der Waals surface area contributed by atoms with Gasteiger partial charge in [-0.1, -0.05) is 29.8 Å². The number of aryl methyl sites for hydroxylation is 1. The summed E-state index contributed by atoms with van der Waals surface area (Å²) in [6.45, 7) is 20.1. The van der Waals surface area contributed by atoms with Crippen molar-refractivity contribution in [2.45, 2.75) is 105 Å². The summed E-state index contributed by atoms with van der Waals surface area (Å²) in [7, 11) is 0. The first-order valence-electron chi connectivity index (χ1n) is 11.0. The van der Waals surface area contributed by atoms with Gasteiger partial charge in [0.05, 0.1) is 0 Å². The second-order valence-electron chi connectivity index (χ2n) is 11.3. The van der Waals surface area contributed by atoms with E-state index < -0.39 is 34.9 Å². The molecule has 7 nitrogen and oxygen atoms in total. The van der Waals surface area contributed by atoms with Crippen LogP contribution in [-0.4, -0.2) is 45.5 Å². The van der Waals surface area contributed by atoms with Crippen molar-refractivity contribution in [1.82, 2.24) is 15.5 Å². The molecule has 0 saturated heterocycles. The SMILES string of the molecule is Cc1ccc(C(C(=O)NC(C)(C)C)N(C(=O)C(C)NC(=O)OC(C)(C)C)C(C)(C)C)cc1. The van der Waals surface area contributed by atoms with Gasteiger partial charge in [-0.25, -0.2) is 4.79 Å².